The minimum atomic E-state index is -3.77. The van der Waals surface area contributed by atoms with Crippen LogP contribution in [0.3, 0.4) is 0 Å². The minimum absolute atomic E-state index is 0.0250. The van der Waals surface area contributed by atoms with Gasteiger partial charge in [-0.1, -0.05) is 6.07 Å². The Morgan fingerprint density at radius 3 is 2.74 bits per heavy atom. The van der Waals surface area contributed by atoms with Gasteiger partial charge in [-0.15, -0.1) is 0 Å². The number of likely N-dealkylation sites (tertiary alicyclic amines) is 1. The van der Waals surface area contributed by atoms with Crippen LogP contribution in [-0.2, 0) is 10.0 Å². The molecule has 104 valence electrons. The Hall–Kier alpha value is -1.40. The summed E-state index contributed by atoms with van der Waals surface area (Å²) in [6.45, 7) is 2.74. The van der Waals surface area contributed by atoms with E-state index in [-0.39, 0.29) is 16.8 Å². The fourth-order valence-electron chi connectivity index (χ4n) is 2.37. The molecular weight excluding hydrogens is 264 g/mol. The van der Waals surface area contributed by atoms with Crippen LogP contribution >= 0.6 is 0 Å². The van der Waals surface area contributed by atoms with Crippen molar-refractivity contribution in [1.29, 1.82) is 0 Å². The Labute approximate surface area is 113 Å². The summed E-state index contributed by atoms with van der Waals surface area (Å²) in [5.74, 6) is -0.127. The SMILES string of the molecule is C[C@@H]1CCCCN1C(=O)c1cccc(S(N)(=O)=O)c1. The molecular formula is C13H18N2O3S. The predicted octanol–water partition coefficient (Wildman–Crippen LogP) is 1.35. The molecule has 0 saturated carbocycles. The van der Waals surface area contributed by atoms with Crippen molar-refractivity contribution in [2.45, 2.75) is 37.1 Å². The van der Waals surface area contributed by atoms with Crippen LogP contribution in [-0.4, -0.2) is 31.8 Å². The maximum Gasteiger partial charge on any atom is 0.254 e. The van der Waals surface area contributed by atoms with Crippen LogP contribution in [0.15, 0.2) is 29.2 Å². The van der Waals surface area contributed by atoms with Crippen LogP contribution in [0.2, 0.25) is 0 Å². The summed E-state index contributed by atoms with van der Waals surface area (Å²) in [4.78, 5) is 14.2. The van der Waals surface area contributed by atoms with Crippen LogP contribution < -0.4 is 5.14 Å². The molecule has 2 N–H and O–H groups in total. The average molecular weight is 282 g/mol. The second-order valence-corrected chi connectivity index (χ2v) is 6.48. The first-order valence-electron chi connectivity index (χ1n) is 6.33. The zero-order chi connectivity index (χ0) is 14.0. The summed E-state index contributed by atoms with van der Waals surface area (Å²) < 4.78 is 22.6. The Morgan fingerprint density at radius 1 is 1.37 bits per heavy atom. The Kier molecular flexibility index (Phi) is 3.91. The van der Waals surface area contributed by atoms with Gasteiger partial charge in [0.1, 0.15) is 0 Å². The van der Waals surface area contributed by atoms with E-state index in [1.807, 2.05) is 6.92 Å². The third kappa shape index (κ3) is 3.13. The van der Waals surface area contributed by atoms with Crippen molar-refractivity contribution < 1.29 is 13.2 Å². The molecule has 0 aromatic heterocycles. The van der Waals surface area contributed by atoms with E-state index in [1.165, 1.54) is 12.1 Å². The number of nitrogens with two attached hydrogens (primary N) is 1. The standard InChI is InChI=1S/C13H18N2O3S/c1-10-5-2-3-8-15(10)13(16)11-6-4-7-12(9-11)19(14,17)18/h4,6-7,9-10H,2-3,5,8H2,1H3,(H2,14,17,18)/t10-/m1/s1. The van der Waals surface area contributed by atoms with E-state index >= 15 is 0 Å². The summed E-state index contributed by atoms with van der Waals surface area (Å²) in [7, 11) is -3.77. The highest BCUT2D eigenvalue weighted by molar-refractivity contribution is 7.89. The highest BCUT2D eigenvalue weighted by atomic mass is 32.2. The van der Waals surface area contributed by atoms with Gasteiger partial charge in [0.05, 0.1) is 4.90 Å². The van der Waals surface area contributed by atoms with Crippen molar-refractivity contribution in [3.63, 3.8) is 0 Å². The van der Waals surface area contributed by atoms with Gasteiger partial charge >= 0.3 is 0 Å². The Bertz CT molecular complexity index is 583. The molecule has 1 aromatic rings. The number of piperidine rings is 1. The largest absolute Gasteiger partial charge is 0.336 e. The molecule has 0 bridgehead atoms. The van der Waals surface area contributed by atoms with Crippen LogP contribution in [0, 0.1) is 0 Å². The highest BCUT2D eigenvalue weighted by Gasteiger charge is 2.24. The average Bonchev–Trinajstić information content (AvgIpc) is 2.38. The zero-order valence-corrected chi connectivity index (χ0v) is 11.7. The van der Waals surface area contributed by atoms with E-state index in [0.29, 0.717) is 5.56 Å². The van der Waals surface area contributed by atoms with Crippen LogP contribution in [0.5, 0.6) is 0 Å². The number of hydrogen-bond donors (Lipinski definition) is 1. The minimum Gasteiger partial charge on any atom is -0.336 e. The van der Waals surface area contributed by atoms with Gasteiger partial charge in [0.15, 0.2) is 0 Å². The van der Waals surface area contributed by atoms with Crippen LogP contribution in [0.25, 0.3) is 0 Å². The number of hydrogen-bond acceptors (Lipinski definition) is 3. The topological polar surface area (TPSA) is 80.5 Å². The van der Waals surface area contributed by atoms with Gasteiger partial charge in [-0.3, -0.25) is 4.79 Å². The molecule has 1 fully saturated rings. The number of carbonyl (C=O) groups is 1. The van der Waals surface area contributed by atoms with Crippen molar-refractivity contribution in [2.75, 3.05) is 6.54 Å². The van der Waals surface area contributed by atoms with Gasteiger partial charge in [-0.25, -0.2) is 13.6 Å². The molecule has 1 heterocycles. The molecule has 6 heteroatoms. The summed E-state index contributed by atoms with van der Waals surface area (Å²) in [6.07, 6.45) is 3.10. The molecule has 0 aliphatic carbocycles. The third-order valence-electron chi connectivity index (χ3n) is 3.47. The lowest BCUT2D eigenvalue weighted by Gasteiger charge is -2.33. The van der Waals surface area contributed by atoms with Crippen LogP contribution in [0.1, 0.15) is 36.5 Å². The van der Waals surface area contributed by atoms with Gasteiger partial charge in [0.2, 0.25) is 10.0 Å². The van der Waals surface area contributed by atoms with Crippen molar-refractivity contribution in [3.8, 4) is 0 Å². The van der Waals surface area contributed by atoms with E-state index in [0.717, 1.165) is 25.8 Å². The number of nitrogens with zero attached hydrogens (tertiary/aromatic N) is 1. The molecule has 1 aliphatic heterocycles. The third-order valence-corrected chi connectivity index (χ3v) is 4.38. The first-order chi connectivity index (χ1) is 8.89. The van der Waals surface area contributed by atoms with E-state index in [9.17, 15) is 13.2 Å². The van der Waals surface area contributed by atoms with Crippen molar-refractivity contribution >= 4 is 15.9 Å². The number of primary sulfonamides is 1. The molecule has 0 spiro atoms. The molecule has 1 saturated heterocycles. The molecule has 1 aliphatic rings. The molecule has 2 rings (SSSR count). The number of rotatable bonds is 2. The van der Waals surface area contributed by atoms with Crippen molar-refractivity contribution in [2.24, 2.45) is 5.14 Å². The van der Waals surface area contributed by atoms with Gasteiger partial charge in [0.25, 0.3) is 5.91 Å². The Morgan fingerprint density at radius 2 is 2.11 bits per heavy atom. The molecule has 0 unspecified atom stereocenters. The van der Waals surface area contributed by atoms with Gasteiger partial charge in [0, 0.05) is 18.2 Å². The van der Waals surface area contributed by atoms with Crippen molar-refractivity contribution in [3.05, 3.63) is 29.8 Å². The molecule has 1 aromatic carbocycles. The summed E-state index contributed by atoms with van der Waals surface area (Å²) >= 11 is 0. The van der Waals surface area contributed by atoms with Crippen molar-refractivity contribution in [1.82, 2.24) is 4.90 Å². The lowest BCUT2D eigenvalue weighted by molar-refractivity contribution is 0.0635. The van der Waals surface area contributed by atoms with Gasteiger partial charge < -0.3 is 4.90 Å². The molecule has 1 atom stereocenters. The van der Waals surface area contributed by atoms with E-state index in [2.05, 4.69) is 0 Å². The fraction of sp³-hybridized carbons (Fsp3) is 0.462. The van der Waals surface area contributed by atoms with E-state index < -0.39 is 10.0 Å². The number of amides is 1. The first-order valence-corrected chi connectivity index (χ1v) is 7.88. The lowest BCUT2D eigenvalue weighted by Crippen LogP contribution is -2.42. The van der Waals surface area contributed by atoms with E-state index in [4.69, 9.17) is 5.14 Å². The second kappa shape index (κ2) is 5.30. The highest BCUT2D eigenvalue weighted by Crippen LogP contribution is 2.20. The normalized spacial score (nSPS) is 20.3. The predicted molar refractivity (Wildman–Crippen MR) is 72.2 cm³/mol. The monoisotopic (exact) mass is 282 g/mol. The van der Waals surface area contributed by atoms with Gasteiger partial charge in [-0.2, -0.15) is 0 Å². The quantitative estimate of drug-likeness (QED) is 0.889. The number of carbonyl (C=O) groups excluding carboxylic acids is 1. The van der Waals surface area contributed by atoms with E-state index in [1.54, 1.807) is 17.0 Å². The lowest BCUT2D eigenvalue weighted by atomic mass is 10.0. The summed E-state index contributed by atoms with van der Waals surface area (Å²) in [5.41, 5.74) is 0.375. The maximum absolute atomic E-state index is 12.4. The smallest absolute Gasteiger partial charge is 0.254 e. The van der Waals surface area contributed by atoms with Crippen LogP contribution in [0.4, 0.5) is 0 Å². The zero-order valence-electron chi connectivity index (χ0n) is 10.9. The summed E-state index contributed by atoms with van der Waals surface area (Å²) in [5, 5.41) is 5.08. The molecule has 1 amide bonds. The molecule has 19 heavy (non-hydrogen) atoms. The number of sulfonamides is 1. The molecule has 5 nitrogen and oxygen atoms in total. The first kappa shape index (κ1) is 14.0. The maximum atomic E-state index is 12.4. The number of benzene rings is 1. The summed E-state index contributed by atoms with van der Waals surface area (Å²) in [6, 6.07) is 6.10. The fourth-order valence-corrected chi connectivity index (χ4v) is 2.93. The molecule has 0 radical (unpaired) electrons. The second-order valence-electron chi connectivity index (χ2n) is 4.92. The Balaban J connectivity index is 2.29. The van der Waals surface area contributed by atoms with Gasteiger partial charge in [-0.05, 0) is 44.4 Å².